The third-order valence-electron chi connectivity index (χ3n) is 8.24. The normalized spacial score (nSPS) is 23.7. The van der Waals surface area contributed by atoms with Crippen molar-refractivity contribution < 1.29 is 18.7 Å². The molecular formula is C28H27F2N5O3. The Morgan fingerprint density at radius 1 is 1.05 bits per heavy atom. The molecule has 3 atom stereocenters. The van der Waals surface area contributed by atoms with Crippen LogP contribution in [0.3, 0.4) is 0 Å². The van der Waals surface area contributed by atoms with Crippen LogP contribution in [0, 0.1) is 11.6 Å². The molecule has 6 rings (SSSR count). The number of imidazole rings is 1. The quantitative estimate of drug-likeness (QED) is 0.366. The first-order valence-electron chi connectivity index (χ1n) is 12.9. The molecule has 1 aromatic carbocycles. The van der Waals surface area contributed by atoms with Crippen LogP contribution in [0.1, 0.15) is 60.9 Å². The van der Waals surface area contributed by atoms with Crippen molar-refractivity contribution in [3.8, 4) is 0 Å². The second-order valence-corrected chi connectivity index (χ2v) is 10.1. The van der Waals surface area contributed by atoms with Crippen molar-refractivity contribution in [2.24, 2.45) is 0 Å². The summed E-state index contributed by atoms with van der Waals surface area (Å²) in [5.74, 6) is -2.66. The van der Waals surface area contributed by atoms with Crippen LogP contribution in [-0.4, -0.2) is 42.2 Å². The fourth-order valence-corrected chi connectivity index (χ4v) is 6.71. The number of pyridine rings is 2. The van der Waals surface area contributed by atoms with Crippen molar-refractivity contribution >= 4 is 17.3 Å². The average Bonchev–Trinajstić information content (AvgIpc) is 3.10. The van der Waals surface area contributed by atoms with Crippen LogP contribution < -0.4 is 5.69 Å². The molecule has 38 heavy (non-hydrogen) atoms. The average molecular weight is 520 g/mol. The maximum Gasteiger partial charge on any atom is 0.408 e. The van der Waals surface area contributed by atoms with Gasteiger partial charge in [-0.3, -0.25) is 19.4 Å². The standard InChI is InChI=1S/C28H27F2N5O3/c29-21-10-3-9-19(23(21)30)28(20-8-2-1-6-17-7-4-13-31-24(17)20)16-18(12-15-34(28)27(37)38)35-22-11-5-14-32-25(22)33-26(35)36/h3-5,7,9-11,13-14,18,20H,1-2,6,8,12,15-16H2,(H,37,38)(H,32,33,36)/t18-,20?,28+/m1/s1. The minimum atomic E-state index is -1.50. The van der Waals surface area contributed by atoms with Gasteiger partial charge in [-0.05, 0) is 61.9 Å². The molecule has 1 saturated heterocycles. The lowest BCUT2D eigenvalue weighted by Gasteiger charge is -2.53. The first-order chi connectivity index (χ1) is 18.4. The maximum absolute atomic E-state index is 15.8. The molecule has 3 aromatic heterocycles. The molecule has 4 aromatic rings. The number of aryl methyl sites for hydroxylation is 1. The van der Waals surface area contributed by atoms with E-state index in [9.17, 15) is 19.1 Å². The fraction of sp³-hybridized carbons (Fsp3) is 0.357. The summed E-state index contributed by atoms with van der Waals surface area (Å²) in [6.45, 7) is 0.0357. The van der Waals surface area contributed by atoms with Gasteiger partial charge in [0.05, 0.1) is 11.1 Å². The van der Waals surface area contributed by atoms with Gasteiger partial charge in [-0.15, -0.1) is 0 Å². The highest BCUT2D eigenvalue weighted by Gasteiger charge is 2.55. The maximum atomic E-state index is 15.8. The van der Waals surface area contributed by atoms with Gasteiger partial charge < -0.3 is 5.11 Å². The number of piperidine rings is 1. The summed E-state index contributed by atoms with van der Waals surface area (Å²) in [7, 11) is 0. The Bertz CT molecular complexity index is 1580. The zero-order valence-corrected chi connectivity index (χ0v) is 20.6. The van der Waals surface area contributed by atoms with Gasteiger partial charge in [0.1, 0.15) is 0 Å². The number of fused-ring (bicyclic) bond motifs is 2. The van der Waals surface area contributed by atoms with E-state index in [4.69, 9.17) is 0 Å². The number of carbonyl (C=O) groups is 1. The van der Waals surface area contributed by atoms with E-state index in [2.05, 4.69) is 15.0 Å². The number of aromatic amines is 1. The van der Waals surface area contributed by atoms with Gasteiger partial charge in [-0.2, -0.15) is 0 Å². The Morgan fingerprint density at radius 2 is 1.87 bits per heavy atom. The molecule has 1 aliphatic heterocycles. The summed E-state index contributed by atoms with van der Waals surface area (Å²) in [5, 5.41) is 10.5. The van der Waals surface area contributed by atoms with Crippen LogP contribution in [-0.2, 0) is 12.0 Å². The molecule has 4 heterocycles. The highest BCUT2D eigenvalue weighted by Crippen LogP contribution is 2.54. The topological polar surface area (TPSA) is 104 Å². The number of nitrogens with one attached hydrogen (secondary N) is 1. The molecule has 10 heteroatoms. The highest BCUT2D eigenvalue weighted by atomic mass is 19.2. The molecular weight excluding hydrogens is 492 g/mol. The summed E-state index contributed by atoms with van der Waals surface area (Å²) in [5.41, 5.74) is 0.779. The third-order valence-corrected chi connectivity index (χ3v) is 8.24. The lowest BCUT2D eigenvalue weighted by molar-refractivity contribution is 0.00154. The van der Waals surface area contributed by atoms with Gasteiger partial charge in [0, 0.05) is 42.2 Å². The minimum absolute atomic E-state index is 0.0286. The number of rotatable bonds is 3. The van der Waals surface area contributed by atoms with Crippen molar-refractivity contribution in [3.63, 3.8) is 0 Å². The van der Waals surface area contributed by atoms with Crippen LogP contribution in [0.25, 0.3) is 11.2 Å². The Hall–Kier alpha value is -4.08. The number of nitrogens with zero attached hydrogens (tertiary/aromatic N) is 4. The molecule has 0 bridgehead atoms. The first-order valence-corrected chi connectivity index (χ1v) is 12.9. The molecule has 1 fully saturated rings. The summed E-state index contributed by atoms with van der Waals surface area (Å²) in [6, 6.07) is 10.7. The van der Waals surface area contributed by atoms with Gasteiger partial charge in [-0.1, -0.05) is 24.6 Å². The molecule has 1 unspecified atom stereocenters. The highest BCUT2D eigenvalue weighted by molar-refractivity contribution is 5.71. The summed E-state index contributed by atoms with van der Waals surface area (Å²) in [4.78, 5) is 39.0. The van der Waals surface area contributed by atoms with Gasteiger partial charge in [0.25, 0.3) is 0 Å². The molecule has 2 N–H and O–H groups in total. The van der Waals surface area contributed by atoms with Crippen molar-refractivity contribution in [3.05, 3.63) is 93.8 Å². The molecule has 2 aliphatic rings. The first kappa shape index (κ1) is 24.3. The number of carboxylic acid groups (broad SMARTS) is 1. The number of aromatic nitrogens is 4. The molecule has 1 amide bonds. The van der Waals surface area contributed by atoms with E-state index < -0.39 is 35.2 Å². The summed E-state index contributed by atoms with van der Waals surface area (Å²) < 4.78 is 32.2. The van der Waals surface area contributed by atoms with Crippen LogP contribution in [0.2, 0.25) is 0 Å². The van der Waals surface area contributed by atoms with Crippen molar-refractivity contribution in [1.82, 2.24) is 24.4 Å². The monoisotopic (exact) mass is 519 g/mol. The Labute approximate surface area is 217 Å². The van der Waals surface area contributed by atoms with E-state index in [1.807, 2.05) is 12.1 Å². The number of hydrogen-bond donors (Lipinski definition) is 2. The lowest BCUT2D eigenvalue weighted by Crippen LogP contribution is -2.58. The molecule has 0 radical (unpaired) electrons. The molecule has 8 nitrogen and oxygen atoms in total. The Morgan fingerprint density at radius 3 is 2.71 bits per heavy atom. The second kappa shape index (κ2) is 9.34. The predicted molar refractivity (Wildman–Crippen MR) is 136 cm³/mol. The van der Waals surface area contributed by atoms with Crippen LogP contribution in [0.15, 0.2) is 59.7 Å². The molecule has 1 aliphatic carbocycles. The van der Waals surface area contributed by atoms with E-state index >= 15 is 4.39 Å². The van der Waals surface area contributed by atoms with Crippen molar-refractivity contribution in [1.29, 1.82) is 0 Å². The van der Waals surface area contributed by atoms with Crippen LogP contribution in [0.5, 0.6) is 0 Å². The van der Waals surface area contributed by atoms with Gasteiger partial charge in [-0.25, -0.2) is 23.4 Å². The van der Waals surface area contributed by atoms with Crippen molar-refractivity contribution in [2.75, 3.05) is 6.54 Å². The second-order valence-electron chi connectivity index (χ2n) is 10.1. The van der Waals surface area contributed by atoms with E-state index in [0.29, 0.717) is 29.7 Å². The Balaban J connectivity index is 1.63. The summed E-state index contributed by atoms with van der Waals surface area (Å²) in [6.07, 6.45) is 5.38. The van der Waals surface area contributed by atoms with E-state index in [1.54, 1.807) is 29.1 Å². The van der Waals surface area contributed by atoms with Crippen LogP contribution >= 0.6 is 0 Å². The Kier molecular flexibility index (Phi) is 5.97. The van der Waals surface area contributed by atoms with Gasteiger partial charge in [0.2, 0.25) is 0 Å². The zero-order chi connectivity index (χ0) is 26.4. The van der Waals surface area contributed by atoms with Crippen molar-refractivity contribution in [2.45, 2.75) is 56.0 Å². The largest absolute Gasteiger partial charge is 0.465 e. The van der Waals surface area contributed by atoms with E-state index in [0.717, 1.165) is 30.9 Å². The lowest BCUT2D eigenvalue weighted by atomic mass is 9.66. The predicted octanol–water partition coefficient (Wildman–Crippen LogP) is 5.12. The summed E-state index contributed by atoms with van der Waals surface area (Å²) >= 11 is 0. The van der Waals surface area contributed by atoms with Gasteiger partial charge >= 0.3 is 11.8 Å². The number of hydrogen-bond acceptors (Lipinski definition) is 4. The number of amides is 1. The van der Waals surface area contributed by atoms with Gasteiger partial charge in [0.15, 0.2) is 17.3 Å². The third kappa shape index (κ3) is 3.69. The minimum Gasteiger partial charge on any atom is -0.465 e. The number of benzene rings is 1. The number of H-pyrrole nitrogens is 1. The fourth-order valence-electron chi connectivity index (χ4n) is 6.71. The molecule has 196 valence electrons. The molecule has 0 saturated carbocycles. The number of halogens is 2. The SMILES string of the molecule is O=C(O)N1CC[C@@H](n2c(=O)[nH]c3ncccc32)C[C@]1(c1cccc(F)c1F)C1CCCCc2cccnc21. The smallest absolute Gasteiger partial charge is 0.408 e. The van der Waals surface area contributed by atoms with E-state index in [1.165, 1.54) is 17.0 Å². The van der Waals surface area contributed by atoms with E-state index in [-0.39, 0.29) is 24.2 Å². The number of likely N-dealkylation sites (tertiary alicyclic amines) is 1. The zero-order valence-electron chi connectivity index (χ0n) is 20.6. The van der Waals surface area contributed by atoms with Crippen LogP contribution in [0.4, 0.5) is 13.6 Å². The molecule has 0 spiro atoms.